The lowest BCUT2D eigenvalue weighted by Crippen LogP contribution is -2.26. The van der Waals surface area contributed by atoms with Crippen LogP contribution in [0.15, 0.2) is 22.7 Å². The van der Waals surface area contributed by atoms with Crippen LogP contribution in [0, 0.1) is 0 Å². The van der Waals surface area contributed by atoms with Crippen molar-refractivity contribution in [3.63, 3.8) is 0 Å². The second-order valence-corrected chi connectivity index (χ2v) is 4.66. The molecular formula is C14H18N2O2. The lowest BCUT2D eigenvalue weighted by atomic mass is 9.92. The van der Waals surface area contributed by atoms with Crippen molar-refractivity contribution in [1.29, 1.82) is 0 Å². The van der Waals surface area contributed by atoms with Crippen molar-refractivity contribution in [1.82, 2.24) is 10.5 Å². The first-order valence-corrected chi connectivity index (χ1v) is 6.62. The van der Waals surface area contributed by atoms with E-state index in [1.165, 1.54) is 0 Å². The molecule has 1 aliphatic rings. The number of hydrogen-bond donors (Lipinski definition) is 1. The summed E-state index contributed by atoms with van der Waals surface area (Å²) in [4.78, 5) is 0. The molecule has 0 radical (unpaired) electrons. The third-order valence-corrected chi connectivity index (χ3v) is 3.52. The summed E-state index contributed by atoms with van der Waals surface area (Å²) in [6.45, 7) is 4.74. The molecule has 1 fully saturated rings. The summed E-state index contributed by atoms with van der Waals surface area (Å²) in [7, 11) is 0. The van der Waals surface area contributed by atoms with Gasteiger partial charge in [-0.25, -0.2) is 0 Å². The Balaban J connectivity index is 2.00. The maximum Gasteiger partial charge on any atom is 0.208 e. The Morgan fingerprint density at radius 2 is 2.22 bits per heavy atom. The van der Waals surface area contributed by atoms with Crippen molar-refractivity contribution in [2.45, 2.75) is 25.7 Å². The minimum absolute atomic E-state index is 0.504. The Hall–Kier alpha value is -1.55. The highest BCUT2D eigenvalue weighted by atomic mass is 16.5. The van der Waals surface area contributed by atoms with Gasteiger partial charge in [0.05, 0.1) is 12.3 Å². The fourth-order valence-corrected chi connectivity index (χ4v) is 2.61. The van der Waals surface area contributed by atoms with E-state index in [4.69, 9.17) is 9.26 Å². The Bertz CT molecular complexity index is 530. The Morgan fingerprint density at radius 3 is 3.00 bits per heavy atom. The molecule has 1 N–H and O–H groups in total. The highest BCUT2D eigenvalue weighted by Gasteiger charge is 2.22. The van der Waals surface area contributed by atoms with E-state index in [-0.39, 0.29) is 0 Å². The SMILES string of the molecule is CCOc1cccc2c(C3CCNCC3)noc12. The van der Waals surface area contributed by atoms with Crippen LogP contribution in [0.4, 0.5) is 0 Å². The standard InChI is InChI=1S/C14H18N2O2/c1-2-17-12-5-3-4-11-13(16-18-14(11)12)10-6-8-15-9-7-10/h3-5,10,15H,2,6-9H2,1H3. The number of fused-ring (bicyclic) bond motifs is 1. The molecule has 0 saturated carbocycles. The van der Waals surface area contributed by atoms with Gasteiger partial charge in [-0.15, -0.1) is 0 Å². The molecule has 0 atom stereocenters. The predicted molar refractivity (Wildman–Crippen MR) is 70.0 cm³/mol. The quantitative estimate of drug-likeness (QED) is 0.904. The van der Waals surface area contributed by atoms with Crippen LogP contribution in [-0.4, -0.2) is 24.9 Å². The highest BCUT2D eigenvalue weighted by molar-refractivity contribution is 5.85. The summed E-state index contributed by atoms with van der Waals surface area (Å²) < 4.78 is 11.1. The van der Waals surface area contributed by atoms with Crippen LogP contribution < -0.4 is 10.1 Å². The van der Waals surface area contributed by atoms with Gasteiger partial charge in [-0.3, -0.25) is 0 Å². The van der Waals surface area contributed by atoms with Crippen molar-refractivity contribution < 1.29 is 9.26 Å². The van der Waals surface area contributed by atoms with E-state index in [1.54, 1.807) is 0 Å². The number of benzene rings is 1. The van der Waals surface area contributed by atoms with Gasteiger partial charge in [0.25, 0.3) is 0 Å². The van der Waals surface area contributed by atoms with E-state index in [9.17, 15) is 0 Å². The molecule has 3 rings (SSSR count). The molecule has 0 amide bonds. The average Bonchev–Trinajstić information content (AvgIpc) is 2.85. The molecule has 1 aromatic carbocycles. The number of piperidine rings is 1. The molecule has 1 aliphatic heterocycles. The molecule has 18 heavy (non-hydrogen) atoms. The van der Waals surface area contributed by atoms with Gasteiger partial charge in [0.15, 0.2) is 5.75 Å². The van der Waals surface area contributed by atoms with E-state index in [1.807, 2.05) is 19.1 Å². The van der Waals surface area contributed by atoms with Gasteiger partial charge < -0.3 is 14.6 Å². The second-order valence-electron chi connectivity index (χ2n) is 4.66. The topological polar surface area (TPSA) is 47.3 Å². The van der Waals surface area contributed by atoms with Crippen molar-refractivity contribution in [2.24, 2.45) is 0 Å². The normalized spacial score (nSPS) is 17.2. The molecule has 2 aromatic rings. The molecule has 0 spiro atoms. The number of nitrogens with one attached hydrogen (secondary N) is 1. The molecular weight excluding hydrogens is 228 g/mol. The van der Waals surface area contributed by atoms with E-state index in [2.05, 4.69) is 16.5 Å². The summed E-state index contributed by atoms with van der Waals surface area (Å²) in [5, 5.41) is 8.76. The molecule has 0 bridgehead atoms. The first-order chi connectivity index (χ1) is 8.90. The van der Waals surface area contributed by atoms with Gasteiger partial charge in [-0.1, -0.05) is 11.2 Å². The first kappa shape index (κ1) is 11.5. The minimum Gasteiger partial charge on any atom is -0.490 e. The zero-order chi connectivity index (χ0) is 12.4. The van der Waals surface area contributed by atoms with Crippen molar-refractivity contribution in [2.75, 3.05) is 19.7 Å². The zero-order valence-electron chi connectivity index (χ0n) is 10.6. The summed E-state index contributed by atoms with van der Waals surface area (Å²) in [5.41, 5.74) is 1.88. The van der Waals surface area contributed by atoms with Gasteiger partial charge >= 0.3 is 0 Å². The van der Waals surface area contributed by atoms with E-state index in [0.717, 1.165) is 48.3 Å². The summed E-state index contributed by atoms with van der Waals surface area (Å²) >= 11 is 0. The number of para-hydroxylation sites is 1. The zero-order valence-corrected chi connectivity index (χ0v) is 10.6. The first-order valence-electron chi connectivity index (χ1n) is 6.62. The third-order valence-electron chi connectivity index (χ3n) is 3.52. The number of aromatic nitrogens is 1. The lowest BCUT2D eigenvalue weighted by Gasteiger charge is -2.20. The molecule has 0 aliphatic carbocycles. The number of hydrogen-bond acceptors (Lipinski definition) is 4. The molecule has 2 heterocycles. The molecule has 0 unspecified atom stereocenters. The van der Waals surface area contributed by atoms with Crippen molar-refractivity contribution in [3.8, 4) is 5.75 Å². The maximum absolute atomic E-state index is 5.57. The highest BCUT2D eigenvalue weighted by Crippen LogP contribution is 2.34. The van der Waals surface area contributed by atoms with Crippen LogP contribution in [0.1, 0.15) is 31.4 Å². The van der Waals surface area contributed by atoms with E-state index < -0.39 is 0 Å². The second kappa shape index (κ2) is 4.98. The monoisotopic (exact) mass is 246 g/mol. The Labute approximate surface area is 106 Å². The smallest absolute Gasteiger partial charge is 0.208 e. The fourth-order valence-electron chi connectivity index (χ4n) is 2.61. The van der Waals surface area contributed by atoms with Crippen LogP contribution in [-0.2, 0) is 0 Å². The van der Waals surface area contributed by atoms with Crippen molar-refractivity contribution >= 4 is 11.0 Å². The molecule has 1 saturated heterocycles. The van der Waals surface area contributed by atoms with Crippen LogP contribution in [0.3, 0.4) is 0 Å². The van der Waals surface area contributed by atoms with Crippen LogP contribution >= 0.6 is 0 Å². The summed E-state index contributed by atoms with van der Waals surface area (Å²) in [5.74, 6) is 1.30. The lowest BCUT2D eigenvalue weighted by molar-refractivity contribution is 0.331. The molecule has 96 valence electrons. The van der Waals surface area contributed by atoms with Gasteiger partial charge in [0.1, 0.15) is 0 Å². The van der Waals surface area contributed by atoms with Gasteiger partial charge in [-0.05, 0) is 45.0 Å². The maximum atomic E-state index is 5.57. The van der Waals surface area contributed by atoms with Crippen LogP contribution in [0.2, 0.25) is 0 Å². The minimum atomic E-state index is 0.504. The molecule has 4 nitrogen and oxygen atoms in total. The van der Waals surface area contributed by atoms with Crippen LogP contribution in [0.25, 0.3) is 11.0 Å². The van der Waals surface area contributed by atoms with E-state index >= 15 is 0 Å². The number of rotatable bonds is 3. The molecule has 4 heteroatoms. The average molecular weight is 246 g/mol. The van der Waals surface area contributed by atoms with Gasteiger partial charge in [-0.2, -0.15) is 0 Å². The predicted octanol–water partition coefficient (Wildman–Crippen LogP) is 2.69. The van der Waals surface area contributed by atoms with Gasteiger partial charge in [0, 0.05) is 11.3 Å². The third kappa shape index (κ3) is 1.97. The largest absolute Gasteiger partial charge is 0.490 e. The Morgan fingerprint density at radius 1 is 1.39 bits per heavy atom. The van der Waals surface area contributed by atoms with Gasteiger partial charge in [0.2, 0.25) is 5.58 Å². The number of nitrogens with zero attached hydrogens (tertiary/aromatic N) is 1. The summed E-state index contributed by atoms with van der Waals surface area (Å²) in [6.07, 6.45) is 2.25. The summed E-state index contributed by atoms with van der Waals surface area (Å²) in [6, 6.07) is 6.02. The van der Waals surface area contributed by atoms with Crippen LogP contribution in [0.5, 0.6) is 5.75 Å². The van der Waals surface area contributed by atoms with E-state index in [0.29, 0.717) is 12.5 Å². The molecule has 1 aromatic heterocycles. The number of ether oxygens (including phenoxy) is 1. The Kier molecular flexibility index (Phi) is 3.19. The van der Waals surface area contributed by atoms with Crippen molar-refractivity contribution in [3.05, 3.63) is 23.9 Å². The fraction of sp³-hybridized carbons (Fsp3) is 0.500.